The van der Waals surface area contributed by atoms with Crippen molar-refractivity contribution in [3.63, 3.8) is 0 Å². The lowest BCUT2D eigenvalue weighted by Crippen LogP contribution is -2.30. The van der Waals surface area contributed by atoms with Crippen LogP contribution in [0, 0.1) is 0 Å². The molecule has 1 N–H and O–H groups in total. The third kappa shape index (κ3) is 3.54. The number of para-hydroxylation sites is 1. The fourth-order valence-corrected chi connectivity index (χ4v) is 5.12. The van der Waals surface area contributed by atoms with Gasteiger partial charge in [0, 0.05) is 6.54 Å². The Hall–Kier alpha value is -3.26. The Morgan fingerprint density at radius 2 is 1.97 bits per heavy atom. The van der Waals surface area contributed by atoms with E-state index in [1.807, 2.05) is 18.2 Å². The van der Waals surface area contributed by atoms with Crippen molar-refractivity contribution >= 4 is 21.6 Å². The summed E-state index contributed by atoms with van der Waals surface area (Å²) in [5.41, 5.74) is 1.80. The molecule has 4 rings (SSSR count). The van der Waals surface area contributed by atoms with Crippen molar-refractivity contribution < 1.29 is 22.4 Å². The number of amides is 1. The molecule has 1 aromatic heterocycles. The number of nitrogens with zero attached hydrogens (tertiary/aromatic N) is 1. The molecule has 1 aliphatic heterocycles. The fraction of sp³-hybridized carbons (Fsp3) is 0.227. The summed E-state index contributed by atoms with van der Waals surface area (Å²) in [5, 5.41) is 2.82. The molecular formula is C22H22N2O5S. The number of anilines is 1. The zero-order valence-electron chi connectivity index (χ0n) is 16.7. The van der Waals surface area contributed by atoms with Gasteiger partial charge in [0.15, 0.2) is 0 Å². The summed E-state index contributed by atoms with van der Waals surface area (Å²) in [6.45, 7) is 2.15. The van der Waals surface area contributed by atoms with E-state index in [0.717, 1.165) is 5.56 Å². The van der Waals surface area contributed by atoms with Crippen molar-refractivity contribution in [3.8, 4) is 5.75 Å². The van der Waals surface area contributed by atoms with Crippen molar-refractivity contribution in [2.24, 2.45) is 0 Å². The summed E-state index contributed by atoms with van der Waals surface area (Å²) in [7, 11) is -2.39. The molecule has 8 heteroatoms. The molecular weight excluding hydrogens is 404 g/mol. The Morgan fingerprint density at radius 1 is 1.17 bits per heavy atom. The van der Waals surface area contributed by atoms with Gasteiger partial charge in [0.1, 0.15) is 11.5 Å². The van der Waals surface area contributed by atoms with Gasteiger partial charge in [-0.25, -0.2) is 8.42 Å². The van der Waals surface area contributed by atoms with Crippen LogP contribution in [0.25, 0.3) is 0 Å². The molecule has 2 aromatic carbocycles. The van der Waals surface area contributed by atoms with E-state index in [-0.39, 0.29) is 16.5 Å². The van der Waals surface area contributed by atoms with Crippen molar-refractivity contribution in [3.05, 3.63) is 77.7 Å². The summed E-state index contributed by atoms with van der Waals surface area (Å²) < 4.78 is 38.6. The summed E-state index contributed by atoms with van der Waals surface area (Å²) in [6.07, 6.45) is 2.18. The number of carbonyl (C=O) groups excluding carboxylic acids is 1. The van der Waals surface area contributed by atoms with Crippen molar-refractivity contribution in [1.82, 2.24) is 5.32 Å². The van der Waals surface area contributed by atoms with Gasteiger partial charge in [-0.15, -0.1) is 0 Å². The number of benzene rings is 2. The molecule has 0 unspecified atom stereocenters. The van der Waals surface area contributed by atoms with Crippen LogP contribution in [0.4, 0.5) is 5.69 Å². The minimum Gasteiger partial charge on any atom is -0.496 e. The summed E-state index contributed by atoms with van der Waals surface area (Å²) in [6, 6.07) is 14.9. The van der Waals surface area contributed by atoms with E-state index in [4.69, 9.17) is 9.15 Å². The molecule has 0 radical (unpaired) electrons. The molecule has 0 aliphatic carbocycles. The first-order valence-electron chi connectivity index (χ1n) is 9.55. The normalized spacial score (nSPS) is 14.3. The minimum atomic E-state index is -3.83. The zero-order valence-corrected chi connectivity index (χ0v) is 17.5. The molecule has 7 nitrogen and oxygen atoms in total. The van der Waals surface area contributed by atoms with Crippen molar-refractivity contribution in [1.29, 1.82) is 0 Å². The van der Waals surface area contributed by atoms with Gasteiger partial charge in [-0.2, -0.15) is 0 Å². The molecule has 0 spiro atoms. The number of rotatable bonds is 6. The number of sulfonamides is 1. The second kappa shape index (κ2) is 7.87. The van der Waals surface area contributed by atoms with Crippen LogP contribution in [0.15, 0.2) is 70.2 Å². The predicted molar refractivity (Wildman–Crippen MR) is 112 cm³/mol. The van der Waals surface area contributed by atoms with Gasteiger partial charge in [0.05, 0.1) is 35.6 Å². The van der Waals surface area contributed by atoms with Crippen molar-refractivity contribution in [2.45, 2.75) is 24.3 Å². The summed E-state index contributed by atoms with van der Waals surface area (Å²) in [4.78, 5) is 12.9. The third-order valence-corrected chi connectivity index (χ3v) is 6.97. The van der Waals surface area contributed by atoms with Crippen LogP contribution in [0.5, 0.6) is 5.75 Å². The van der Waals surface area contributed by atoms with E-state index < -0.39 is 15.9 Å². The number of furan rings is 1. The van der Waals surface area contributed by atoms with Crippen LogP contribution >= 0.6 is 0 Å². The van der Waals surface area contributed by atoms with Crippen molar-refractivity contribution in [2.75, 3.05) is 18.0 Å². The van der Waals surface area contributed by atoms with E-state index in [1.165, 1.54) is 35.9 Å². The third-order valence-electron chi connectivity index (χ3n) is 5.17. The highest BCUT2D eigenvalue weighted by Crippen LogP contribution is 2.34. The van der Waals surface area contributed by atoms with Crippen LogP contribution in [-0.4, -0.2) is 28.0 Å². The quantitative estimate of drug-likeness (QED) is 0.651. The lowest BCUT2D eigenvalue weighted by atomic mass is 10.1. The molecule has 156 valence electrons. The monoisotopic (exact) mass is 426 g/mol. The van der Waals surface area contributed by atoms with Gasteiger partial charge in [0.2, 0.25) is 0 Å². The Labute approximate surface area is 175 Å². The molecule has 0 fully saturated rings. The number of hydrogen-bond donors (Lipinski definition) is 1. The first-order valence-corrected chi connectivity index (χ1v) is 11.0. The zero-order chi connectivity index (χ0) is 21.3. The van der Waals surface area contributed by atoms with E-state index in [2.05, 4.69) is 5.32 Å². The van der Waals surface area contributed by atoms with Crippen LogP contribution in [0.1, 0.15) is 34.6 Å². The van der Waals surface area contributed by atoms with Crippen LogP contribution in [0.2, 0.25) is 0 Å². The highest BCUT2D eigenvalue weighted by molar-refractivity contribution is 7.92. The summed E-state index contributed by atoms with van der Waals surface area (Å²) >= 11 is 0. The number of carbonyl (C=O) groups is 1. The molecule has 1 aliphatic rings. The highest BCUT2D eigenvalue weighted by Gasteiger charge is 2.31. The second-order valence-corrected chi connectivity index (χ2v) is 8.89. The molecule has 0 bridgehead atoms. The Kier molecular flexibility index (Phi) is 5.26. The molecule has 2 heterocycles. The molecule has 1 atom stereocenters. The maximum atomic E-state index is 13.3. The lowest BCUT2D eigenvalue weighted by Gasteiger charge is -2.20. The van der Waals surface area contributed by atoms with Gasteiger partial charge in [-0.05, 0) is 55.3 Å². The standard InChI is InChI=1S/C22H22N2O5S/c1-15(20-8-5-13-29-20)23-22(25)18-14-17(9-10-21(18)28-2)30(26,27)24-12-11-16-6-3-4-7-19(16)24/h3-10,13-15H,11-12H2,1-2H3,(H,23,25)/t15-/m1/s1. The smallest absolute Gasteiger partial charge is 0.264 e. The Balaban J connectivity index is 1.66. The first-order chi connectivity index (χ1) is 14.4. The lowest BCUT2D eigenvalue weighted by molar-refractivity contribution is 0.0932. The van der Waals surface area contributed by atoms with Gasteiger partial charge in [-0.3, -0.25) is 9.10 Å². The van der Waals surface area contributed by atoms with Crippen LogP contribution in [0.3, 0.4) is 0 Å². The average Bonchev–Trinajstić information content (AvgIpc) is 3.43. The van der Waals surface area contributed by atoms with Crippen LogP contribution in [-0.2, 0) is 16.4 Å². The summed E-state index contributed by atoms with van der Waals surface area (Å²) in [5.74, 6) is 0.439. The highest BCUT2D eigenvalue weighted by atomic mass is 32.2. The molecule has 30 heavy (non-hydrogen) atoms. The molecule has 0 saturated carbocycles. The number of hydrogen-bond acceptors (Lipinski definition) is 5. The Morgan fingerprint density at radius 3 is 2.70 bits per heavy atom. The Bertz CT molecular complexity index is 1170. The molecule has 0 saturated heterocycles. The molecule has 3 aromatic rings. The average molecular weight is 426 g/mol. The van der Waals surface area contributed by atoms with E-state index in [9.17, 15) is 13.2 Å². The van der Waals surface area contributed by atoms with Gasteiger partial charge < -0.3 is 14.5 Å². The van der Waals surface area contributed by atoms with Gasteiger partial charge in [-0.1, -0.05) is 18.2 Å². The van der Waals surface area contributed by atoms with Crippen LogP contribution < -0.4 is 14.4 Å². The van der Waals surface area contributed by atoms with E-state index in [0.29, 0.717) is 30.2 Å². The number of nitrogens with one attached hydrogen (secondary N) is 1. The number of ether oxygens (including phenoxy) is 1. The van der Waals surface area contributed by atoms with Gasteiger partial charge >= 0.3 is 0 Å². The minimum absolute atomic E-state index is 0.0378. The predicted octanol–water partition coefficient (Wildman–Crippen LogP) is 3.53. The fourth-order valence-electron chi connectivity index (χ4n) is 3.59. The second-order valence-electron chi connectivity index (χ2n) is 7.03. The largest absolute Gasteiger partial charge is 0.496 e. The SMILES string of the molecule is COc1ccc(S(=O)(=O)N2CCc3ccccc32)cc1C(=O)N[C@H](C)c1ccco1. The van der Waals surface area contributed by atoms with E-state index in [1.54, 1.807) is 25.1 Å². The molecule has 1 amide bonds. The topological polar surface area (TPSA) is 88.9 Å². The maximum Gasteiger partial charge on any atom is 0.264 e. The first kappa shape index (κ1) is 20.0. The maximum absolute atomic E-state index is 13.3. The van der Waals surface area contributed by atoms with Gasteiger partial charge in [0.25, 0.3) is 15.9 Å². The number of methoxy groups -OCH3 is 1. The van der Waals surface area contributed by atoms with E-state index >= 15 is 0 Å². The number of fused-ring (bicyclic) bond motifs is 1.